The van der Waals surface area contributed by atoms with Gasteiger partial charge in [-0.25, -0.2) is 8.42 Å². The number of sulfone groups is 1. The molecule has 2 unspecified atom stereocenters. The third kappa shape index (κ3) is 2.36. The Balaban J connectivity index is 2.08. The Morgan fingerprint density at radius 1 is 1.50 bits per heavy atom. The van der Waals surface area contributed by atoms with Gasteiger partial charge in [-0.05, 0) is 13.3 Å². The molecule has 2 saturated heterocycles. The molecule has 0 saturated carbocycles. The van der Waals surface area contributed by atoms with Crippen molar-refractivity contribution in [1.29, 1.82) is 0 Å². The van der Waals surface area contributed by atoms with E-state index in [-0.39, 0.29) is 35.8 Å². The quantitative estimate of drug-likeness (QED) is 0.711. The first-order valence-electron chi connectivity index (χ1n) is 5.98. The summed E-state index contributed by atoms with van der Waals surface area (Å²) in [6.45, 7) is 2.07. The Hall–Kier alpha value is -1.11. The van der Waals surface area contributed by atoms with Crippen molar-refractivity contribution in [1.82, 2.24) is 10.2 Å². The Bertz CT molecular complexity index is 487. The summed E-state index contributed by atoms with van der Waals surface area (Å²) < 4.78 is 22.8. The molecule has 1 N–H and O–H groups in total. The molecule has 2 aliphatic rings. The average molecular weight is 274 g/mol. The van der Waals surface area contributed by atoms with Gasteiger partial charge in [0.05, 0.1) is 16.9 Å². The predicted molar refractivity (Wildman–Crippen MR) is 65.6 cm³/mol. The minimum Gasteiger partial charge on any atom is -0.355 e. The number of carbonyl (C=O) groups is 2. The van der Waals surface area contributed by atoms with E-state index in [4.69, 9.17) is 0 Å². The van der Waals surface area contributed by atoms with Gasteiger partial charge in [-0.2, -0.15) is 0 Å². The van der Waals surface area contributed by atoms with Gasteiger partial charge >= 0.3 is 0 Å². The molecule has 18 heavy (non-hydrogen) atoms. The Labute approximate surface area is 107 Å². The summed E-state index contributed by atoms with van der Waals surface area (Å²) in [7, 11) is -1.38. The van der Waals surface area contributed by atoms with Crippen molar-refractivity contribution < 1.29 is 18.0 Å². The molecule has 7 heteroatoms. The van der Waals surface area contributed by atoms with Crippen LogP contribution in [0.4, 0.5) is 0 Å². The molecular formula is C11H18N2O4S. The number of amides is 2. The molecule has 0 spiro atoms. The second-order valence-corrected chi connectivity index (χ2v) is 7.72. The highest BCUT2D eigenvalue weighted by molar-refractivity contribution is 7.91. The van der Waals surface area contributed by atoms with E-state index in [1.54, 1.807) is 14.0 Å². The zero-order valence-corrected chi connectivity index (χ0v) is 11.4. The van der Waals surface area contributed by atoms with Gasteiger partial charge in [0, 0.05) is 26.1 Å². The fourth-order valence-electron chi connectivity index (χ4n) is 2.60. The number of nitrogens with one attached hydrogen (secondary N) is 1. The van der Waals surface area contributed by atoms with Gasteiger partial charge in [-0.1, -0.05) is 0 Å². The van der Waals surface area contributed by atoms with Crippen LogP contribution in [0.1, 0.15) is 19.8 Å². The SMILES string of the molecule is CN(C(=O)C1(C)CNC(=O)C1)C1CCS(=O)(=O)C1. The molecule has 0 bridgehead atoms. The first kappa shape index (κ1) is 13.3. The lowest BCUT2D eigenvalue weighted by Gasteiger charge is -2.31. The van der Waals surface area contributed by atoms with Crippen LogP contribution < -0.4 is 5.32 Å². The summed E-state index contributed by atoms with van der Waals surface area (Å²) in [5, 5.41) is 2.65. The highest BCUT2D eigenvalue weighted by Crippen LogP contribution is 2.29. The van der Waals surface area contributed by atoms with Crippen LogP contribution >= 0.6 is 0 Å². The molecule has 2 fully saturated rings. The average Bonchev–Trinajstić information content (AvgIpc) is 2.81. The van der Waals surface area contributed by atoms with Gasteiger partial charge < -0.3 is 10.2 Å². The van der Waals surface area contributed by atoms with Crippen molar-refractivity contribution in [2.45, 2.75) is 25.8 Å². The van der Waals surface area contributed by atoms with Crippen molar-refractivity contribution in [3.05, 3.63) is 0 Å². The monoisotopic (exact) mass is 274 g/mol. The van der Waals surface area contributed by atoms with Crippen LogP contribution in [0.25, 0.3) is 0 Å². The van der Waals surface area contributed by atoms with Gasteiger partial charge in [-0.15, -0.1) is 0 Å². The van der Waals surface area contributed by atoms with Crippen molar-refractivity contribution in [2.75, 3.05) is 25.1 Å². The van der Waals surface area contributed by atoms with Crippen molar-refractivity contribution in [3.8, 4) is 0 Å². The third-order valence-corrected chi connectivity index (χ3v) is 5.57. The summed E-state index contributed by atoms with van der Waals surface area (Å²) in [6, 6.07) is -0.255. The fourth-order valence-corrected chi connectivity index (χ4v) is 4.37. The van der Waals surface area contributed by atoms with Crippen molar-refractivity contribution in [3.63, 3.8) is 0 Å². The van der Waals surface area contributed by atoms with E-state index < -0.39 is 15.3 Å². The van der Waals surface area contributed by atoms with Crippen LogP contribution in [0.15, 0.2) is 0 Å². The molecule has 0 aromatic rings. The summed E-state index contributed by atoms with van der Waals surface area (Å²) in [4.78, 5) is 25.1. The molecule has 0 aromatic carbocycles. The number of hydrogen-bond donors (Lipinski definition) is 1. The van der Waals surface area contributed by atoms with Crippen LogP contribution in [0.2, 0.25) is 0 Å². The van der Waals surface area contributed by atoms with Gasteiger partial charge in [0.1, 0.15) is 0 Å². The molecule has 0 aromatic heterocycles. The molecule has 0 aliphatic carbocycles. The summed E-state index contributed by atoms with van der Waals surface area (Å²) in [5.41, 5.74) is -0.738. The maximum atomic E-state index is 12.3. The van der Waals surface area contributed by atoms with Crippen molar-refractivity contribution >= 4 is 21.7 Å². The zero-order valence-electron chi connectivity index (χ0n) is 10.6. The highest BCUT2D eigenvalue weighted by atomic mass is 32.2. The minimum atomic E-state index is -3.00. The van der Waals surface area contributed by atoms with Gasteiger partial charge in [0.15, 0.2) is 9.84 Å². The Morgan fingerprint density at radius 3 is 2.61 bits per heavy atom. The molecule has 0 radical (unpaired) electrons. The standard InChI is InChI=1S/C11H18N2O4S/c1-11(5-9(14)12-7-11)10(15)13(2)8-3-4-18(16,17)6-8/h8H,3-7H2,1-2H3,(H,12,14). The van der Waals surface area contributed by atoms with Gasteiger partial charge in [-0.3, -0.25) is 9.59 Å². The van der Waals surface area contributed by atoms with E-state index in [0.717, 1.165) is 0 Å². The van der Waals surface area contributed by atoms with Gasteiger partial charge in [0.2, 0.25) is 11.8 Å². The molecule has 2 atom stereocenters. The van der Waals surface area contributed by atoms with Crippen LogP contribution in [0, 0.1) is 5.41 Å². The van der Waals surface area contributed by atoms with E-state index >= 15 is 0 Å². The molecule has 6 nitrogen and oxygen atoms in total. The summed E-state index contributed by atoms with van der Waals surface area (Å²) >= 11 is 0. The van der Waals surface area contributed by atoms with Crippen LogP contribution in [0.3, 0.4) is 0 Å². The van der Waals surface area contributed by atoms with Crippen LogP contribution in [-0.2, 0) is 19.4 Å². The van der Waals surface area contributed by atoms with E-state index in [1.165, 1.54) is 4.90 Å². The maximum absolute atomic E-state index is 12.3. The smallest absolute Gasteiger partial charge is 0.230 e. The molecular weight excluding hydrogens is 256 g/mol. The first-order valence-corrected chi connectivity index (χ1v) is 7.80. The molecule has 2 heterocycles. The van der Waals surface area contributed by atoms with Crippen LogP contribution in [-0.4, -0.2) is 56.3 Å². The normalized spacial score (nSPS) is 34.3. The largest absolute Gasteiger partial charge is 0.355 e. The lowest BCUT2D eigenvalue weighted by molar-refractivity contribution is -0.141. The number of rotatable bonds is 2. The summed E-state index contributed by atoms with van der Waals surface area (Å²) in [5.74, 6) is -0.100. The number of nitrogens with zero attached hydrogens (tertiary/aromatic N) is 1. The number of carbonyl (C=O) groups excluding carboxylic acids is 2. The van der Waals surface area contributed by atoms with E-state index in [1.807, 2.05) is 0 Å². The molecule has 2 rings (SSSR count). The van der Waals surface area contributed by atoms with E-state index in [2.05, 4.69) is 5.32 Å². The van der Waals surface area contributed by atoms with E-state index in [9.17, 15) is 18.0 Å². The topological polar surface area (TPSA) is 83.6 Å². The third-order valence-electron chi connectivity index (χ3n) is 3.82. The zero-order chi connectivity index (χ0) is 13.6. The highest BCUT2D eigenvalue weighted by Gasteiger charge is 2.45. The number of hydrogen-bond acceptors (Lipinski definition) is 4. The first-order chi connectivity index (χ1) is 8.23. The lowest BCUT2D eigenvalue weighted by Crippen LogP contribution is -2.46. The van der Waals surface area contributed by atoms with Crippen LogP contribution in [0.5, 0.6) is 0 Å². The predicted octanol–water partition coefficient (Wildman–Crippen LogP) is -0.842. The Kier molecular flexibility index (Phi) is 3.12. The fraction of sp³-hybridized carbons (Fsp3) is 0.818. The second-order valence-electron chi connectivity index (χ2n) is 5.49. The van der Waals surface area contributed by atoms with Gasteiger partial charge in [0.25, 0.3) is 0 Å². The Morgan fingerprint density at radius 2 is 2.17 bits per heavy atom. The van der Waals surface area contributed by atoms with Crippen molar-refractivity contribution in [2.24, 2.45) is 5.41 Å². The minimum absolute atomic E-state index is 0.0344. The summed E-state index contributed by atoms with van der Waals surface area (Å²) in [6.07, 6.45) is 0.664. The van der Waals surface area contributed by atoms with E-state index in [0.29, 0.717) is 13.0 Å². The molecule has 2 amide bonds. The second kappa shape index (κ2) is 4.22. The molecule has 102 valence electrons. The lowest BCUT2D eigenvalue weighted by atomic mass is 9.87. The maximum Gasteiger partial charge on any atom is 0.230 e. The molecule has 2 aliphatic heterocycles.